The van der Waals surface area contributed by atoms with Crippen molar-refractivity contribution in [3.8, 4) is 22.3 Å². The van der Waals surface area contributed by atoms with Crippen LogP contribution in [0.1, 0.15) is 56.3 Å². The molecular weight excluding hydrogens is 682 g/mol. The van der Waals surface area contributed by atoms with Gasteiger partial charge in [-0.3, -0.25) is 0 Å². The largest absolute Gasteiger partial charge is 0.147 e. The van der Waals surface area contributed by atoms with E-state index in [1.54, 1.807) is 22.3 Å². The Labute approximate surface area is 250 Å². The molecule has 1 saturated heterocycles. The van der Waals surface area contributed by atoms with E-state index in [9.17, 15) is 0 Å². The molecule has 1 fully saturated rings. The Morgan fingerprint density at radius 3 is 1.31 bits per heavy atom. The maximum atomic E-state index is 2.61. The van der Waals surface area contributed by atoms with Crippen molar-refractivity contribution in [1.29, 1.82) is 0 Å². The van der Waals surface area contributed by atoms with Gasteiger partial charge in [-0.25, -0.2) is 0 Å². The molecule has 7 rings (SSSR count). The van der Waals surface area contributed by atoms with Gasteiger partial charge in [0, 0.05) is 0 Å². The number of hydrogen-bond acceptors (Lipinski definition) is 0. The summed E-state index contributed by atoms with van der Waals surface area (Å²) in [6.07, 6.45) is 7.55. The fraction of sp³-hybridized carbons (Fsp3) is 0.222. The third-order valence-corrected chi connectivity index (χ3v) is 28.4. The first-order chi connectivity index (χ1) is 18.2. The average molecular weight is 718 g/mol. The number of allylic oxidation sites excluding steroid dienone is 2. The van der Waals surface area contributed by atoms with Crippen LogP contribution in [0.15, 0.2) is 108 Å². The molecule has 0 amide bonds. The van der Waals surface area contributed by atoms with E-state index in [0.717, 1.165) is 7.35 Å². The minimum Gasteiger partial charge on any atom is -0.147 e. The maximum Gasteiger partial charge on any atom is -0.147 e. The molecule has 3 aliphatic rings. The summed E-state index contributed by atoms with van der Waals surface area (Å²) in [4.78, 5) is 0. The predicted octanol–water partition coefficient (Wildman–Crippen LogP) is 11.3. The van der Waals surface area contributed by atoms with Crippen molar-refractivity contribution >= 4 is 37.0 Å². The first-order valence-electron chi connectivity index (χ1n) is 14.0. The molecule has 2 unspecified atom stereocenters. The van der Waals surface area contributed by atoms with Crippen LogP contribution in [0.5, 0.6) is 0 Å². The molecule has 2 atom stereocenters. The summed E-state index contributed by atoms with van der Waals surface area (Å²) in [6.45, 7) is 4.78. The quantitative estimate of drug-likeness (QED) is 0.174. The van der Waals surface area contributed by atoms with Gasteiger partial charge in [-0.05, 0) is 0 Å². The molecule has 4 aromatic carbocycles. The molecule has 0 nitrogen and oxygen atoms in total. The van der Waals surface area contributed by atoms with Crippen molar-refractivity contribution in [2.45, 2.75) is 42.4 Å². The maximum absolute atomic E-state index is 2.80. The van der Waals surface area contributed by atoms with E-state index in [1.807, 2.05) is 0 Å². The third kappa shape index (κ3) is 4.55. The standard InChI is InChI=1S/2C17H15.C2H4.2ClH.Hf/c2*1-2-13-11-15-9-6-10-16(17(15)12-13)14-7-4-3-5-8-14;1-2;;;/h2*3-12H,2H2,1H3;1-2H2;2*1H;. The molecular formula is C36H36Cl2Hf. The minimum absolute atomic E-state index is 0. The number of benzene rings is 4. The molecule has 198 valence electrons. The molecule has 0 N–H and O–H groups in total. The van der Waals surface area contributed by atoms with E-state index in [2.05, 4.69) is 123 Å². The summed E-state index contributed by atoms with van der Waals surface area (Å²) < 4.78 is 4.51. The van der Waals surface area contributed by atoms with Crippen LogP contribution in [0, 0.1) is 0 Å². The van der Waals surface area contributed by atoms with Crippen LogP contribution in [0.2, 0.25) is 8.35 Å². The Morgan fingerprint density at radius 2 is 0.949 bits per heavy atom. The van der Waals surface area contributed by atoms with Gasteiger partial charge in [0.25, 0.3) is 0 Å². The third-order valence-electron chi connectivity index (χ3n) is 9.27. The van der Waals surface area contributed by atoms with Crippen LogP contribution >= 0.6 is 24.8 Å². The predicted molar refractivity (Wildman–Crippen MR) is 170 cm³/mol. The van der Waals surface area contributed by atoms with Gasteiger partial charge in [-0.2, -0.15) is 0 Å². The summed E-state index contributed by atoms with van der Waals surface area (Å²) in [5.74, 6) is 0. The first-order valence-corrected chi connectivity index (χ1v) is 23.3. The molecule has 0 saturated carbocycles. The van der Waals surface area contributed by atoms with E-state index < -0.39 is 20.0 Å². The molecule has 0 bridgehead atoms. The minimum atomic E-state index is -2.80. The van der Waals surface area contributed by atoms with Crippen LogP contribution < -0.4 is 0 Å². The Kier molecular flexibility index (Phi) is 8.25. The monoisotopic (exact) mass is 718 g/mol. The van der Waals surface area contributed by atoms with Crippen molar-refractivity contribution in [2.24, 2.45) is 0 Å². The molecule has 0 radical (unpaired) electrons. The fourth-order valence-corrected chi connectivity index (χ4v) is 36.0. The van der Waals surface area contributed by atoms with Crippen LogP contribution in [0.3, 0.4) is 0 Å². The average Bonchev–Trinajstić information content (AvgIpc) is 3.49. The van der Waals surface area contributed by atoms with E-state index in [4.69, 9.17) is 0 Å². The van der Waals surface area contributed by atoms with E-state index in [-0.39, 0.29) is 24.8 Å². The van der Waals surface area contributed by atoms with Crippen LogP contribution in [-0.2, 0) is 20.0 Å². The van der Waals surface area contributed by atoms with Crippen LogP contribution in [0.4, 0.5) is 0 Å². The fourth-order valence-electron chi connectivity index (χ4n) is 7.53. The smallest absolute Gasteiger partial charge is 0.147 e. The van der Waals surface area contributed by atoms with E-state index in [0.29, 0.717) is 0 Å². The van der Waals surface area contributed by atoms with Gasteiger partial charge in [0.1, 0.15) is 0 Å². The molecule has 1 heterocycles. The molecule has 3 heteroatoms. The van der Waals surface area contributed by atoms with Crippen molar-refractivity contribution in [3.63, 3.8) is 0 Å². The number of fused-ring (bicyclic) bond motifs is 2. The first kappa shape index (κ1) is 28.3. The van der Waals surface area contributed by atoms with Gasteiger partial charge < -0.3 is 0 Å². The Hall–Kier alpha value is -2.19. The van der Waals surface area contributed by atoms with Gasteiger partial charge >= 0.3 is 227 Å². The molecule has 39 heavy (non-hydrogen) atoms. The zero-order valence-corrected chi connectivity index (χ0v) is 27.9. The second-order valence-electron chi connectivity index (χ2n) is 11.1. The van der Waals surface area contributed by atoms with Gasteiger partial charge in [0.05, 0.1) is 0 Å². The molecule has 1 aliphatic heterocycles. The van der Waals surface area contributed by atoms with Gasteiger partial charge in [0.15, 0.2) is 0 Å². The Bertz CT molecular complexity index is 1430. The van der Waals surface area contributed by atoms with Gasteiger partial charge in [-0.15, -0.1) is 24.8 Å². The zero-order chi connectivity index (χ0) is 25.0. The summed E-state index contributed by atoms with van der Waals surface area (Å²) in [7, 11) is 0. The number of halogens is 2. The van der Waals surface area contributed by atoms with Crippen molar-refractivity contribution < 1.29 is 20.0 Å². The number of hydrogen-bond donors (Lipinski definition) is 0. The summed E-state index contributed by atoms with van der Waals surface area (Å²) in [5.41, 5.74) is 15.3. The number of rotatable bonds is 6. The zero-order valence-electron chi connectivity index (χ0n) is 22.7. The Balaban J connectivity index is 0.00000154. The molecule has 0 aromatic heterocycles. The molecule has 4 aromatic rings. The van der Waals surface area contributed by atoms with Crippen molar-refractivity contribution in [2.75, 3.05) is 0 Å². The van der Waals surface area contributed by atoms with Crippen LogP contribution in [0.25, 0.3) is 34.4 Å². The SMILES string of the molecule is CCC1=Cc2c(-c3ccccc3)cccc2[CH]1[Hf]1([CH]2C(CC)=Cc3c(-c4ccccc4)cccc32)[CH2][CH2]1.Cl.Cl. The summed E-state index contributed by atoms with van der Waals surface area (Å²) in [6, 6.07) is 36.3. The van der Waals surface area contributed by atoms with Gasteiger partial charge in [-0.1, -0.05) is 0 Å². The topological polar surface area (TPSA) is 0 Å². The van der Waals surface area contributed by atoms with Gasteiger partial charge in [0.2, 0.25) is 0 Å². The second kappa shape index (κ2) is 11.4. The molecule has 0 spiro atoms. The second-order valence-corrected chi connectivity index (χ2v) is 27.7. The van der Waals surface area contributed by atoms with E-state index in [1.165, 1.54) is 54.6 Å². The summed E-state index contributed by atoms with van der Waals surface area (Å²) >= 11 is -2.80. The van der Waals surface area contributed by atoms with Crippen molar-refractivity contribution in [1.82, 2.24) is 0 Å². The Morgan fingerprint density at radius 1 is 0.538 bits per heavy atom. The van der Waals surface area contributed by atoms with E-state index >= 15 is 0 Å². The normalized spacial score (nSPS) is 19.6. The summed E-state index contributed by atoms with van der Waals surface area (Å²) in [5, 5.41) is 0. The van der Waals surface area contributed by atoms with Crippen LogP contribution in [-0.4, -0.2) is 0 Å². The molecule has 2 aliphatic carbocycles. The van der Waals surface area contributed by atoms with Crippen molar-refractivity contribution in [3.05, 3.63) is 130 Å².